The van der Waals surface area contributed by atoms with Gasteiger partial charge in [-0.3, -0.25) is 4.79 Å². The molecule has 0 bridgehead atoms. The maximum atomic E-state index is 12.0. The second-order valence-electron chi connectivity index (χ2n) is 6.40. The van der Waals surface area contributed by atoms with Crippen LogP contribution in [0, 0.1) is 16.7 Å². The molecule has 3 aliphatic rings. The van der Waals surface area contributed by atoms with Crippen molar-refractivity contribution in [2.24, 2.45) is 16.7 Å². The highest BCUT2D eigenvalue weighted by Gasteiger charge is 2.57. The lowest BCUT2D eigenvalue weighted by Gasteiger charge is -2.23. The summed E-state index contributed by atoms with van der Waals surface area (Å²) in [5, 5.41) is 6.53. The van der Waals surface area contributed by atoms with Crippen molar-refractivity contribution >= 4 is 5.91 Å². The van der Waals surface area contributed by atoms with Crippen molar-refractivity contribution in [2.75, 3.05) is 19.6 Å². The van der Waals surface area contributed by atoms with Gasteiger partial charge in [-0.25, -0.2) is 0 Å². The van der Waals surface area contributed by atoms with E-state index in [1.165, 1.54) is 25.7 Å². The van der Waals surface area contributed by atoms with E-state index in [0.717, 1.165) is 26.1 Å². The standard InChI is InChI=1S/C13H22N2O/c1-12(2-3-12)9-15-11(16)10-8-13(10)4-6-14-7-5-13/h10,14H,2-9H2,1H3,(H,15,16). The number of rotatable bonds is 3. The third kappa shape index (κ3) is 1.86. The summed E-state index contributed by atoms with van der Waals surface area (Å²) in [4.78, 5) is 12.0. The predicted octanol–water partition coefficient (Wildman–Crippen LogP) is 1.29. The van der Waals surface area contributed by atoms with Crippen molar-refractivity contribution in [1.29, 1.82) is 0 Å². The zero-order valence-electron chi connectivity index (χ0n) is 10.1. The Balaban J connectivity index is 1.49. The highest BCUT2D eigenvalue weighted by Crippen LogP contribution is 2.58. The summed E-state index contributed by atoms with van der Waals surface area (Å²) in [6, 6.07) is 0. The van der Waals surface area contributed by atoms with E-state index in [-0.39, 0.29) is 0 Å². The Morgan fingerprint density at radius 3 is 2.62 bits per heavy atom. The minimum atomic E-state index is 0.329. The van der Waals surface area contributed by atoms with E-state index >= 15 is 0 Å². The fraction of sp³-hybridized carbons (Fsp3) is 0.923. The molecule has 0 radical (unpaired) electrons. The van der Waals surface area contributed by atoms with Crippen LogP contribution in [0.15, 0.2) is 0 Å². The topological polar surface area (TPSA) is 41.1 Å². The highest BCUT2D eigenvalue weighted by atomic mass is 16.2. The van der Waals surface area contributed by atoms with Crippen LogP contribution in [0.25, 0.3) is 0 Å². The normalized spacial score (nSPS) is 33.4. The first-order chi connectivity index (χ1) is 7.64. The number of hydrogen-bond donors (Lipinski definition) is 2. The summed E-state index contributed by atoms with van der Waals surface area (Å²) < 4.78 is 0. The first-order valence-corrected chi connectivity index (χ1v) is 6.62. The molecule has 1 saturated heterocycles. The maximum Gasteiger partial charge on any atom is 0.223 e. The lowest BCUT2D eigenvalue weighted by Crippen LogP contribution is -2.35. The van der Waals surface area contributed by atoms with E-state index in [0.29, 0.717) is 22.7 Å². The van der Waals surface area contributed by atoms with Crippen molar-refractivity contribution in [2.45, 2.75) is 39.0 Å². The van der Waals surface area contributed by atoms with E-state index in [2.05, 4.69) is 17.6 Å². The van der Waals surface area contributed by atoms with Crippen LogP contribution in [0.2, 0.25) is 0 Å². The van der Waals surface area contributed by atoms with Gasteiger partial charge in [-0.2, -0.15) is 0 Å². The highest BCUT2D eigenvalue weighted by molar-refractivity contribution is 5.82. The molecule has 1 atom stereocenters. The number of carbonyl (C=O) groups excluding carboxylic acids is 1. The van der Waals surface area contributed by atoms with Crippen molar-refractivity contribution in [3.05, 3.63) is 0 Å². The van der Waals surface area contributed by atoms with Gasteiger partial charge >= 0.3 is 0 Å². The van der Waals surface area contributed by atoms with Crippen LogP contribution in [0.1, 0.15) is 39.0 Å². The van der Waals surface area contributed by atoms with Gasteiger partial charge in [-0.05, 0) is 56.0 Å². The molecule has 1 unspecified atom stereocenters. The lowest BCUT2D eigenvalue weighted by molar-refractivity contribution is -0.123. The van der Waals surface area contributed by atoms with Gasteiger partial charge in [0.25, 0.3) is 0 Å². The van der Waals surface area contributed by atoms with Gasteiger partial charge in [-0.15, -0.1) is 0 Å². The molecule has 1 heterocycles. The van der Waals surface area contributed by atoms with E-state index in [4.69, 9.17) is 0 Å². The van der Waals surface area contributed by atoms with E-state index in [1.807, 2.05) is 0 Å². The van der Waals surface area contributed by atoms with Gasteiger partial charge in [0.05, 0.1) is 0 Å². The molecular weight excluding hydrogens is 200 g/mol. The fourth-order valence-corrected chi connectivity index (χ4v) is 3.01. The number of nitrogens with one attached hydrogen (secondary N) is 2. The summed E-state index contributed by atoms with van der Waals surface area (Å²) in [6.07, 6.45) is 6.10. The van der Waals surface area contributed by atoms with Crippen molar-refractivity contribution in [3.8, 4) is 0 Å². The Morgan fingerprint density at radius 2 is 2.00 bits per heavy atom. The molecule has 3 nitrogen and oxygen atoms in total. The molecule has 3 heteroatoms. The summed E-state index contributed by atoms with van der Waals surface area (Å²) in [5.41, 5.74) is 0.825. The van der Waals surface area contributed by atoms with Crippen LogP contribution in [0.4, 0.5) is 0 Å². The monoisotopic (exact) mass is 222 g/mol. The predicted molar refractivity (Wildman–Crippen MR) is 63.0 cm³/mol. The molecule has 0 aromatic carbocycles. The zero-order chi connectivity index (χ0) is 11.2. The summed E-state index contributed by atoms with van der Waals surface area (Å²) in [5.74, 6) is 0.659. The van der Waals surface area contributed by atoms with E-state index in [1.54, 1.807) is 0 Å². The summed E-state index contributed by atoms with van der Waals surface area (Å²) >= 11 is 0. The first kappa shape index (κ1) is 10.6. The maximum absolute atomic E-state index is 12.0. The van der Waals surface area contributed by atoms with Crippen LogP contribution in [0.3, 0.4) is 0 Å². The van der Waals surface area contributed by atoms with Crippen LogP contribution >= 0.6 is 0 Å². The Labute approximate surface area is 97.4 Å². The van der Waals surface area contributed by atoms with Crippen LogP contribution in [0.5, 0.6) is 0 Å². The third-order valence-corrected chi connectivity index (χ3v) is 4.90. The number of piperidine rings is 1. The van der Waals surface area contributed by atoms with Gasteiger partial charge in [0.1, 0.15) is 0 Å². The average Bonchev–Trinajstić information content (AvgIpc) is 3.17. The Kier molecular flexibility index (Phi) is 2.29. The average molecular weight is 222 g/mol. The molecule has 2 N–H and O–H groups in total. The molecular formula is C13H22N2O. The number of hydrogen-bond acceptors (Lipinski definition) is 2. The van der Waals surface area contributed by atoms with Crippen molar-refractivity contribution in [1.82, 2.24) is 10.6 Å². The second kappa shape index (κ2) is 3.46. The van der Waals surface area contributed by atoms with Crippen LogP contribution in [-0.4, -0.2) is 25.5 Å². The molecule has 16 heavy (non-hydrogen) atoms. The van der Waals surface area contributed by atoms with Crippen molar-refractivity contribution < 1.29 is 4.79 Å². The van der Waals surface area contributed by atoms with Crippen LogP contribution < -0.4 is 10.6 Å². The van der Waals surface area contributed by atoms with Gasteiger partial charge in [0.15, 0.2) is 0 Å². The molecule has 3 fully saturated rings. The molecule has 0 aromatic rings. The third-order valence-electron chi connectivity index (χ3n) is 4.90. The largest absolute Gasteiger partial charge is 0.355 e. The Bertz CT molecular complexity index is 303. The number of amides is 1. The molecule has 1 amide bonds. The van der Waals surface area contributed by atoms with Crippen molar-refractivity contribution in [3.63, 3.8) is 0 Å². The minimum Gasteiger partial charge on any atom is -0.355 e. The van der Waals surface area contributed by atoms with Gasteiger partial charge in [0.2, 0.25) is 5.91 Å². The van der Waals surface area contributed by atoms with Crippen LogP contribution in [-0.2, 0) is 4.79 Å². The molecule has 2 saturated carbocycles. The minimum absolute atomic E-state index is 0.329. The smallest absolute Gasteiger partial charge is 0.223 e. The van der Waals surface area contributed by atoms with Gasteiger partial charge in [0, 0.05) is 12.5 Å². The summed E-state index contributed by atoms with van der Waals surface area (Å²) in [7, 11) is 0. The SMILES string of the molecule is CC1(CNC(=O)C2CC23CCNCC3)CC1. The summed E-state index contributed by atoms with van der Waals surface area (Å²) in [6.45, 7) is 5.36. The molecule has 1 spiro atoms. The molecule has 90 valence electrons. The van der Waals surface area contributed by atoms with Gasteiger partial charge in [-0.1, -0.05) is 6.92 Å². The van der Waals surface area contributed by atoms with E-state index in [9.17, 15) is 4.79 Å². The van der Waals surface area contributed by atoms with Gasteiger partial charge < -0.3 is 10.6 Å². The molecule has 2 aliphatic carbocycles. The Hall–Kier alpha value is -0.570. The number of carbonyl (C=O) groups is 1. The Morgan fingerprint density at radius 1 is 1.31 bits per heavy atom. The second-order valence-corrected chi connectivity index (χ2v) is 6.40. The zero-order valence-corrected chi connectivity index (χ0v) is 10.1. The first-order valence-electron chi connectivity index (χ1n) is 6.62. The van der Waals surface area contributed by atoms with E-state index < -0.39 is 0 Å². The molecule has 0 aromatic heterocycles. The quantitative estimate of drug-likeness (QED) is 0.755. The molecule has 1 aliphatic heterocycles. The lowest BCUT2D eigenvalue weighted by atomic mass is 9.91. The molecule has 3 rings (SSSR count). The fourth-order valence-electron chi connectivity index (χ4n) is 3.01.